The highest BCUT2D eigenvalue weighted by Crippen LogP contribution is 1.99. The number of alkyl carbamates (subject to hydrolysis) is 1. The summed E-state index contributed by atoms with van der Waals surface area (Å²) in [6, 6.07) is 9.99. The standard InChI is InChI=1S/C13H19NO2/c1-2-3-10-14-13(15)16-11-9-12-7-5-4-6-8-12/h4-8H,2-3,9-11H2,1H3,(H,14,15). The van der Waals surface area contributed by atoms with Crippen LogP contribution < -0.4 is 5.32 Å². The lowest BCUT2D eigenvalue weighted by atomic mass is 10.2. The number of rotatable bonds is 6. The lowest BCUT2D eigenvalue weighted by molar-refractivity contribution is 0.147. The molecule has 1 aromatic rings. The fraction of sp³-hybridized carbons (Fsp3) is 0.462. The van der Waals surface area contributed by atoms with E-state index >= 15 is 0 Å². The van der Waals surface area contributed by atoms with Crippen LogP contribution in [0.15, 0.2) is 30.3 Å². The van der Waals surface area contributed by atoms with Crippen molar-refractivity contribution in [1.29, 1.82) is 0 Å². The van der Waals surface area contributed by atoms with Crippen molar-refractivity contribution in [3.8, 4) is 0 Å². The van der Waals surface area contributed by atoms with E-state index < -0.39 is 0 Å². The largest absolute Gasteiger partial charge is 0.449 e. The maximum atomic E-state index is 11.2. The van der Waals surface area contributed by atoms with Crippen LogP contribution in [0.3, 0.4) is 0 Å². The molecule has 88 valence electrons. The molecule has 0 saturated carbocycles. The van der Waals surface area contributed by atoms with E-state index in [0.717, 1.165) is 19.3 Å². The second-order valence-electron chi connectivity index (χ2n) is 3.65. The van der Waals surface area contributed by atoms with Gasteiger partial charge < -0.3 is 10.1 Å². The molecule has 0 aliphatic heterocycles. The lowest BCUT2D eigenvalue weighted by Gasteiger charge is -2.06. The van der Waals surface area contributed by atoms with Crippen molar-refractivity contribution in [2.75, 3.05) is 13.2 Å². The summed E-state index contributed by atoms with van der Waals surface area (Å²) >= 11 is 0. The summed E-state index contributed by atoms with van der Waals surface area (Å²) in [5, 5.41) is 2.71. The van der Waals surface area contributed by atoms with Crippen molar-refractivity contribution in [2.24, 2.45) is 0 Å². The van der Waals surface area contributed by atoms with Gasteiger partial charge in [0.2, 0.25) is 0 Å². The molecule has 0 unspecified atom stereocenters. The van der Waals surface area contributed by atoms with E-state index in [0.29, 0.717) is 13.2 Å². The SMILES string of the molecule is CCCCNC(=O)OCCc1ccccc1. The molecule has 0 spiro atoms. The molecule has 0 bridgehead atoms. The van der Waals surface area contributed by atoms with E-state index in [-0.39, 0.29) is 6.09 Å². The number of unbranched alkanes of at least 4 members (excludes halogenated alkanes) is 1. The third-order valence-corrected chi connectivity index (χ3v) is 2.27. The average Bonchev–Trinajstić information content (AvgIpc) is 2.31. The lowest BCUT2D eigenvalue weighted by Crippen LogP contribution is -2.25. The molecule has 3 nitrogen and oxygen atoms in total. The quantitative estimate of drug-likeness (QED) is 0.750. The zero-order valence-corrected chi connectivity index (χ0v) is 9.74. The summed E-state index contributed by atoms with van der Waals surface area (Å²) in [6.07, 6.45) is 2.52. The molecule has 0 aliphatic carbocycles. The van der Waals surface area contributed by atoms with Crippen LogP contribution >= 0.6 is 0 Å². The molecule has 0 fully saturated rings. The predicted octanol–water partition coefficient (Wildman–Crippen LogP) is 2.76. The summed E-state index contributed by atoms with van der Waals surface area (Å²) in [7, 11) is 0. The Morgan fingerprint density at radius 1 is 1.31 bits per heavy atom. The molecule has 0 aromatic heterocycles. The van der Waals surface area contributed by atoms with Crippen molar-refractivity contribution >= 4 is 6.09 Å². The first-order chi connectivity index (χ1) is 7.83. The number of amides is 1. The molecule has 0 atom stereocenters. The van der Waals surface area contributed by atoms with Crippen LogP contribution in [0, 0.1) is 0 Å². The molecule has 1 aromatic carbocycles. The smallest absolute Gasteiger partial charge is 0.407 e. The summed E-state index contributed by atoms with van der Waals surface area (Å²) in [5.41, 5.74) is 1.18. The van der Waals surface area contributed by atoms with E-state index in [1.165, 1.54) is 5.56 Å². The van der Waals surface area contributed by atoms with Gasteiger partial charge in [0.1, 0.15) is 0 Å². The Morgan fingerprint density at radius 3 is 2.75 bits per heavy atom. The van der Waals surface area contributed by atoms with Gasteiger partial charge in [-0.05, 0) is 12.0 Å². The number of carbonyl (C=O) groups excluding carboxylic acids is 1. The highest BCUT2D eigenvalue weighted by atomic mass is 16.5. The van der Waals surface area contributed by atoms with Gasteiger partial charge >= 0.3 is 6.09 Å². The molecular formula is C13H19NO2. The van der Waals surface area contributed by atoms with Crippen molar-refractivity contribution in [3.63, 3.8) is 0 Å². The van der Waals surface area contributed by atoms with Crippen molar-refractivity contribution in [1.82, 2.24) is 5.32 Å². The van der Waals surface area contributed by atoms with Crippen LogP contribution in [-0.2, 0) is 11.2 Å². The fourth-order valence-electron chi connectivity index (χ4n) is 1.32. The molecule has 1 N–H and O–H groups in total. The molecule has 0 saturated heterocycles. The maximum absolute atomic E-state index is 11.2. The Balaban J connectivity index is 2.09. The van der Waals surface area contributed by atoms with Crippen molar-refractivity contribution in [3.05, 3.63) is 35.9 Å². The molecule has 1 rings (SSSR count). The highest BCUT2D eigenvalue weighted by Gasteiger charge is 2.00. The van der Waals surface area contributed by atoms with Crippen LogP contribution in [0.4, 0.5) is 4.79 Å². The number of carbonyl (C=O) groups is 1. The third-order valence-electron chi connectivity index (χ3n) is 2.27. The Bertz CT molecular complexity index is 298. The van der Waals surface area contributed by atoms with Gasteiger partial charge in [-0.3, -0.25) is 0 Å². The summed E-state index contributed by atoms with van der Waals surface area (Å²) in [4.78, 5) is 11.2. The molecule has 0 heterocycles. The molecular weight excluding hydrogens is 202 g/mol. The first-order valence-corrected chi connectivity index (χ1v) is 5.77. The van der Waals surface area contributed by atoms with E-state index in [1.807, 2.05) is 30.3 Å². The van der Waals surface area contributed by atoms with Crippen LogP contribution in [0.2, 0.25) is 0 Å². The zero-order valence-electron chi connectivity index (χ0n) is 9.74. The third kappa shape index (κ3) is 5.39. The highest BCUT2D eigenvalue weighted by molar-refractivity contribution is 5.67. The first-order valence-electron chi connectivity index (χ1n) is 5.77. The molecule has 0 radical (unpaired) electrons. The van der Waals surface area contributed by atoms with E-state index in [9.17, 15) is 4.79 Å². The Morgan fingerprint density at radius 2 is 2.06 bits per heavy atom. The molecule has 1 amide bonds. The summed E-state index contributed by atoms with van der Waals surface area (Å²) in [6.45, 7) is 3.21. The Labute approximate surface area is 96.8 Å². The van der Waals surface area contributed by atoms with E-state index in [4.69, 9.17) is 4.74 Å². The molecule has 3 heteroatoms. The van der Waals surface area contributed by atoms with Gasteiger partial charge in [-0.2, -0.15) is 0 Å². The van der Waals surface area contributed by atoms with Gasteiger partial charge in [-0.25, -0.2) is 4.79 Å². The van der Waals surface area contributed by atoms with Crippen LogP contribution in [0.1, 0.15) is 25.3 Å². The van der Waals surface area contributed by atoms with Crippen LogP contribution in [0.25, 0.3) is 0 Å². The minimum atomic E-state index is -0.315. The number of nitrogens with one attached hydrogen (secondary N) is 1. The van der Waals surface area contributed by atoms with Crippen LogP contribution in [-0.4, -0.2) is 19.2 Å². The van der Waals surface area contributed by atoms with Gasteiger partial charge in [0.15, 0.2) is 0 Å². The van der Waals surface area contributed by atoms with Crippen molar-refractivity contribution in [2.45, 2.75) is 26.2 Å². The van der Waals surface area contributed by atoms with Gasteiger partial charge in [0.25, 0.3) is 0 Å². The molecule has 16 heavy (non-hydrogen) atoms. The predicted molar refractivity (Wildman–Crippen MR) is 64.4 cm³/mol. The normalized spacial score (nSPS) is 9.81. The van der Waals surface area contributed by atoms with Crippen molar-refractivity contribution < 1.29 is 9.53 Å². The van der Waals surface area contributed by atoms with Gasteiger partial charge in [0, 0.05) is 13.0 Å². The second kappa shape index (κ2) is 7.74. The Kier molecular flexibility index (Phi) is 6.07. The zero-order chi connectivity index (χ0) is 11.6. The Hall–Kier alpha value is -1.51. The molecule has 0 aliphatic rings. The maximum Gasteiger partial charge on any atom is 0.407 e. The van der Waals surface area contributed by atoms with E-state index in [1.54, 1.807) is 0 Å². The summed E-state index contributed by atoms with van der Waals surface area (Å²) < 4.78 is 5.04. The fourth-order valence-corrected chi connectivity index (χ4v) is 1.32. The van der Waals surface area contributed by atoms with E-state index in [2.05, 4.69) is 12.2 Å². The monoisotopic (exact) mass is 221 g/mol. The van der Waals surface area contributed by atoms with Gasteiger partial charge in [-0.15, -0.1) is 0 Å². The number of ether oxygens (including phenoxy) is 1. The average molecular weight is 221 g/mol. The minimum Gasteiger partial charge on any atom is -0.449 e. The number of hydrogen-bond acceptors (Lipinski definition) is 2. The first kappa shape index (κ1) is 12.6. The number of benzene rings is 1. The van der Waals surface area contributed by atoms with Gasteiger partial charge in [-0.1, -0.05) is 43.7 Å². The summed E-state index contributed by atoms with van der Waals surface area (Å²) in [5.74, 6) is 0. The van der Waals surface area contributed by atoms with Crippen LogP contribution in [0.5, 0.6) is 0 Å². The topological polar surface area (TPSA) is 38.3 Å². The van der Waals surface area contributed by atoms with Gasteiger partial charge in [0.05, 0.1) is 6.61 Å². The second-order valence-corrected chi connectivity index (χ2v) is 3.65. The minimum absolute atomic E-state index is 0.315. The number of hydrogen-bond donors (Lipinski definition) is 1.